The molecule has 0 radical (unpaired) electrons. The lowest BCUT2D eigenvalue weighted by atomic mass is 9.82. The molecule has 0 bridgehead atoms. The van der Waals surface area contributed by atoms with Crippen LogP contribution in [0.1, 0.15) is 32.1 Å². The Hall–Kier alpha value is 0. The van der Waals surface area contributed by atoms with Gasteiger partial charge in [0.1, 0.15) is 0 Å². The number of rotatable bonds is 0. The van der Waals surface area contributed by atoms with Crippen molar-refractivity contribution < 1.29 is 0 Å². The predicted molar refractivity (Wildman–Crippen MR) is 32.5 cm³/mol. The van der Waals surface area contributed by atoms with Crippen LogP contribution < -0.4 is 0 Å². The highest BCUT2D eigenvalue weighted by atomic mass is 14.8. The van der Waals surface area contributed by atoms with Gasteiger partial charge in [-0.2, -0.15) is 0 Å². The van der Waals surface area contributed by atoms with Gasteiger partial charge in [-0.15, -0.1) is 0 Å². The summed E-state index contributed by atoms with van der Waals surface area (Å²) in [6.45, 7) is 0. The van der Waals surface area contributed by atoms with Gasteiger partial charge in [0.05, 0.1) is 0 Å². The number of hydrogen-bond donors (Lipinski definition) is 0. The SMILES string of the molecule is C1CC2C3CCC23C1. The lowest BCUT2D eigenvalue weighted by Gasteiger charge is -2.23. The summed E-state index contributed by atoms with van der Waals surface area (Å²) in [4.78, 5) is 0. The largest absolute Gasteiger partial charge is 0.0525 e. The zero-order valence-electron chi connectivity index (χ0n) is 5.19. The van der Waals surface area contributed by atoms with Crippen LogP contribution in [-0.2, 0) is 0 Å². The average molecular weight is 108 g/mol. The highest BCUT2D eigenvalue weighted by molar-refractivity contribution is 5.20. The zero-order chi connectivity index (χ0) is 5.19. The molecule has 3 rings (SSSR count). The third-order valence-corrected chi connectivity index (χ3v) is 3.93. The Balaban J connectivity index is 2.00. The molecule has 3 aliphatic carbocycles. The second kappa shape index (κ2) is 0.872. The minimum atomic E-state index is 1.00. The van der Waals surface area contributed by atoms with E-state index in [4.69, 9.17) is 0 Å². The van der Waals surface area contributed by atoms with E-state index in [0.717, 1.165) is 5.41 Å². The summed E-state index contributed by atoms with van der Waals surface area (Å²) in [6, 6.07) is 0. The van der Waals surface area contributed by atoms with Crippen molar-refractivity contribution in [3.8, 4) is 0 Å². The van der Waals surface area contributed by atoms with Crippen molar-refractivity contribution in [2.75, 3.05) is 0 Å². The third-order valence-electron chi connectivity index (χ3n) is 3.93. The third kappa shape index (κ3) is 0.206. The van der Waals surface area contributed by atoms with Crippen molar-refractivity contribution in [2.24, 2.45) is 17.3 Å². The second-order valence-electron chi connectivity index (χ2n) is 3.88. The predicted octanol–water partition coefficient (Wildman–Crippen LogP) is 2.20. The summed E-state index contributed by atoms with van der Waals surface area (Å²) < 4.78 is 0. The van der Waals surface area contributed by atoms with Crippen molar-refractivity contribution >= 4 is 0 Å². The van der Waals surface area contributed by atoms with Crippen LogP contribution in [-0.4, -0.2) is 0 Å². The van der Waals surface area contributed by atoms with Gasteiger partial charge in [-0.1, -0.05) is 6.42 Å². The highest BCUT2D eigenvalue weighted by Crippen LogP contribution is 2.79. The van der Waals surface area contributed by atoms with E-state index in [-0.39, 0.29) is 0 Å². The first-order valence-electron chi connectivity index (χ1n) is 3.93. The molecule has 0 amide bonds. The fourth-order valence-corrected chi connectivity index (χ4v) is 3.37. The first-order chi connectivity index (χ1) is 3.93. The van der Waals surface area contributed by atoms with Gasteiger partial charge in [-0.25, -0.2) is 0 Å². The molecular formula is C8H12. The monoisotopic (exact) mass is 108 g/mol. The topological polar surface area (TPSA) is 0 Å². The Morgan fingerprint density at radius 1 is 1.00 bits per heavy atom. The first-order valence-corrected chi connectivity index (χ1v) is 3.93. The fraction of sp³-hybridized carbons (Fsp3) is 1.00. The van der Waals surface area contributed by atoms with Crippen LogP contribution in [0.4, 0.5) is 0 Å². The molecule has 0 aromatic heterocycles. The van der Waals surface area contributed by atoms with E-state index in [2.05, 4.69) is 0 Å². The molecule has 3 saturated carbocycles. The molecule has 0 saturated heterocycles. The molecule has 0 N–H and O–H groups in total. The molecular weight excluding hydrogens is 96.1 g/mol. The fourth-order valence-electron chi connectivity index (χ4n) is 3.37. The maximum absolute atomic E-state index is 1.60. The van der Waals surface area contributed by atoms with E-state index < -0.39 is 0 Å². The van der Waals surface area contributed by atoms with Gasteiger partial charge < -0.3 is 0 Å². The number of fused-ring (bicyclic) bond motifs is 1. The van der Waals surface area contributed by atoms with Crippen molar-refractivity contribution in [3.05, 3.63) is 0 Å². The van der Waals surface area contributed by atoms with E-state index in [1.807, 2.05) is 0 Å². The lowest BCUT2D eigenvalue weighted by Crippen LogP contribution is -2.12. The van der Waals surface area contributed by atoms with Crippen molar-refractivity contribution in [3.63, 3.8) is 0 Å². The van der Waals surface area contributed by atoms with E-state index in [9.17, 15) is 0 Å². The summed E-state index contributed by atoms with van der Waals surface area (Å²) in [5.41, 5.74) is 1.00. The summed E-state index contributed by atoms with van der Waals surface area (Å²) in [5.74, 6) is 2.48. The van der Waals surface area contributed by atoms with Crippen LogP contribution in [0.5, 0.6) is 0 Å². The first kappa shape index (κ1) is 3.92. The normalized spacial score (nSPS) is 66.0. The molecule has 0 aliphatic heterocycles. The standard InChI is InChI=1S/C8H12/c1-2-6-7-3-5-8(6,7)4-1/h6-7H,1-5H2. The highest BCUT2D eigenvalue weighted by Gasteiger charge is 2.71. The molecule has 44 valence electrons. The molecule has 0 aromatic carbocycles. The van der Waals surface area contributed by atoms with Crippen LogP contribution in [0.25, 0.3) is 0 Å². The number of hydrogen-bond acceptors (Lipinski definition) is 0. The Morgan fingerprint density at radius 3 is 2.25 bits per heavy atom. The molecule has 1 spiro atoms. The summed E-state index contributed by atoms with van der Waals surface area (Å²) in [6.07, 6.45) is 7.93. The molecule has 0 heteroatoms. The average Bonchev–Trinajstić information content (AvgIpc) is 2.20. The molecule has 3 fully saturated rings. The van der Waals surface area contributed by atoms with E-state index in [1.165, 1.54) is 11.8 Å². The molecule has 8 heavy (non-hydrogen) atoms. The lowest BCUT2D eigenvalue weighted by molar-refractivity contribution is 0.279. The van der Waals surface area contributed by atoms with Gasteiger partial charge in [-0.05, 0) is 42.9 Å². The Morgan fingerprint density at radius 2 is 1.88 bits per heavy atom. The van der Waals surface area contributed by atoms with Crippen LogP contribution >= 0.6 is 0 Å². The summed E-state index contributed by atoms with van der Waals surface area (Å²) in [5, 5.41) is 0. The summed E-state index contributed by atoms with van der Waals surface area (Å²) in [7, 11) is 0. The van der Waals surface area contributed by atoms with Gasteiger partial charge >= 0.3 is 0 Å². The molecule has 0 aromatic rings. The van der Waals surface area contributed by atoms with Crippen LogP contribution in [0.15, 0.2) is 0 Å². The molecule has 3 aliphatic rings. The molecule has 3 atom stereocenters. The van der Waals surface area contributed by atoms with Crippen molar-refractivity contribution in [2.45, 2.75) is 32.1 Å². The minimum absolute atomic E-state index is 1.00. The quantitative estimate of drug-likeness (QED) is 0.446. The van der Waals surface area contributed by atoms with Gasteiger partial charge in [0.25, 0.3) is 0 Å². The van der Waals surface area contributed by atoms with E-state index >= 15 is 0 Å². The maximum atomic E-state index is 1.60. The molecule has 0 heterocycles. The second-order valence-corrected chi connectivity index (χ2v) is 3.88. The van der Waals surface area contributed by atoms with Crippen molar-refractivity contribution in [1.29, 1.82) is 0 Å². The van der Waals surface area contributed by atoms with Crippen molar-refractivity contribution in [1.82, 2.24) is 0 Å². The maximum Gasteiger partial charge on any atom is -0.0235 e. The zero-order valence-corrected chi connectivity index (χ0v) is 5.19. The van der Waals surface area contributed by atoms with Gasteiger partial charge in [-0.3, -0.25) is 0 Å². The van der Waals surface area contributed by atoms with E-state index in [1.54, 1.807) is 32.1 Å². The van der Waals surface area contributed by atoms with Gasteiger partial charge in [0.15, 0.2) is 0 Å². The summed E-state index contributed by atoms with van der Waals surface area (Å²) >= 11 is 0. The van der Waals surface area contributed by atoms with E-state index in [0.29, 0.717) is 0 Å². The Bertz CT molecular complexity index is 139. The van der Waals surface area contributed by atoms with Crippen LogP contribution in [0.3, 0.4) is 0 Å². The minimum Gasteiger partial charge on any atom is -0.0525 e. The Kier molecular flexibility index (Phi) is 0.427. The molecule has 0 nitrogen and oxygen atoms in total. The van der Waals surface area contributed by atoms with Gasteiger partial charge in [0.2, 0.25) is 0 Å². The Labute approximate surface area is 50.3 Å². The van der Waals surface area contributed by atoms with Crippen LogP contribution in [0.2, 0.25) is 0 Å². The van der Waals surface area contributed by atoms with Crippen LogP contribution in [0, 0.1) is 17.3 Å². The molecule has 3 unspecified atom stereocenters. The van der Waals surface area contributed by atoms with Gasteiger partial charge in [0, 0.05) is 0 Å². The smallest absolute Gasteiger partial charge is 0.0235 e.